The molecular formula is C17H17BrN6O. The first-order valence-corrected chi connectivity index (χ1v) is 8.49. The molecule has 3 aromatic rings. The zero-order chi connectivity index (χ0) is 17.8. The third kappa shape index (κ3) is 4.21. The van der Waals surface area contributed by atoms with E-state index in [1.165, 1.54) is 6.33 Å². The van der Waals surface area contributed by atoms with Crippen molar-refractivity contribution >= 4 is 27.6 Å². The summed E-state index contributed by atoms with van der Waals surface area (Å²) >= 11 is 3.44. The maximum absolute atomic E-state index is 12.3. The number of nitrogens with one attached hydrogen (secondary N) is 2. The summed E-state index contributed by atoms with van der Waals surface area (Å²) in [6, 6.07) is 13.0. The number of aromatic nitrogens is 4. The van der Waals surface area contributed by atoms with Crippen LogP contribution in [-0.4, -0.2) is 26.2 Å². The molecular weight excluding hydrogens is 384 g/mol. The van der Waals surface area contributed by atoms with Crippen LogP contribution in [0.2, 0.25) is 0 Å². The van der Waals surface area contributed by atoms with Crippen molar-refractivity contribution in [1.82, 2.24) is 25.5 Å². The molecule has 25 heavy (non-hydrogen) atoms. The van der Waals surface area contributed by atoms with E-state index in [0.29, 0.717) is 5.69 Å². The van der Waals surface area contributed by atoms with Crippen molar-refractivity contribution in [3.63, 3.8) is 0 Å². The van der Waals surface area contributed by atoms with Crippen LogP contribution in [-0.2, 0) is 0 Å². The van der Waals surface area contributed by atoms with Crippen LogP contribution in [0.1, 0.15) is 24.1 Å². The van der Waals surface area contributed by atoms with Crippen LogP contribution < -0.4 is 10.6 Å². The van der Waals surface area contributed by atoms with E-state index < -0.39 is 0 Å². The Morgan fingerprint density at radius 1 is 1.24 bits per heavy atom. The van der Waals surface area contributed by atoms with E-state index in [4.69, 9.17) is 0 Å². The lowest BCUT2D eigenvalue weighted by molar-refractivity contribution is 0.249. The van der Waals surface area contributed by atoms with Crippen molar-refractivity contribution < 1.29 is 4.79 Å². The van der Waals surface area contributed by atoms with Gasteiger partial charge in [0.25, 0.3) is 0 Å². The summed E-state index contributed by atoms with van der Waals surface area (Å²) in [5, 5.41) is 16.9. The molecule has 8 heteroatoms. The first kappa shape index (κ1) is 17.1. The topological polar surface area (TPSA) is 84.7 Å². The highest BCUT2D eigenvalue weighted by atomic mass is 79.9. The average Bonchev–Trinajstić information content (AvgIpc) is 3.11. The SMILES string of the molecule is Cc1ccc(NC(=O)N[C@@H](C)c2cccc(Br)c2)cc1-n1cnnn1. The van der Waals surface area contributed by atoms with E-state index in [9.17, 15) is 4.79 Å². The normalized spacial score (nSPS) is 11.8. The van der Waals surface area contributed by atoms with Gasteiger partial charge >= 0.3 is 6.03 Å². The zero-order valence-electron chi connectivity index (χ0n) is 13.8. The molecule has 0 fully saturated rings. The molecule has 1 heterocycles. The van der Waals surface area contributed by atoms with Crippen LogP contribution in [0.4, 0.5) is 10.5 Å². The van der Waals surface area contributed by atoms with Gasteiger partial charge in [0.1, 0.15) is 6.33 Å². The van der Waals surface area contributed by atoms with Crippen molar-refractivity contribution in [2.75, 3.05) is 5.32 Å². The fraction of sp³-hybridized carbons (Fsp3) is 0.176. The van der Waals surface area contributed by atoms with Gasteiger partial charge in [0.15, 0.2) is 0 Å². The third-order valence-corrected chi connectivity index (χ3v) is 4.25. The maximum Gasteiger partial charge on any atom is 0.319 e. The van der Waals surface area contributed by atoms with Crippen molar-refractivity contribution in [3.8, 4) is 5.69 Å². The Hall–Kier alpha value is -2.74. The minimum absolute atomic E-state index is 0.123. The molecule has 0 aliphatic heterocycles. The molecule has 7 nitrogen and oxygen atoms in total. The van der Waals surface area contributed by atoms with E-state index in [1.807, 2.05) is 56.3 Å². The number of rotatable bonds is 4. The Morgan fingerprint density at radius 3 is 2.80 bits per heavy atom. The molecule has 2 aromatic carbocycles. The standard InChI is InChI=1S/C17H17BrN6O/c1-11-6-7-15(9-16(11)24-10-19-22-23-24)21-17(25)20-12(2)13-4-3-5-14(18)8-13/h3-10,12H,1-2H3,(H2,20,21,25)/t12-/m0/s1. The molecule has 0 saturated heterocycles. The number of anilines is 1. The van der Waals surface area contributed by atoms with Gasteiger partial charge in [-0.3, -0.25) is 0 Å². The molecule has 0 aliphatic carbocycles. The van der Waals surface area contributed by atoms with Gasteiger partial charge in [-0.15, -0.1) is 5.10 Å². The molecule has 0 saturated carbocycles. The number of tetrazole rings is 1. The number of urea groups is 1. The van der Waals surface area contributed by atoms with Crippen LogP contribution in [0.5, 0.6) is 0 Å². The van der Waals surface area contributed by atoms with Crippen LogP contribution in [0.3, 0.4) is 0 Å². The molecule has 0 aliphatic rings. The highest BCUT2D eigenvalue weighted by molar-refractivity contribution is 9.10. The van der Waals surface area contributed by atoms with E-state index in [1.54, 1.807) is 4.68 Å². The van der Waals surface area contributed by atoms with Crippen molar-refractivity contribution in [2.45, 2.75) is 19.9 Å². The fourth-order valence-corrected chi connectivity index (χ4v) is 2.85. The van der Waals surface area contributed by atoms with Gasteiger partial charge in [0, 0.05) is 10.2 Å². The van der Waals surface area contributed by atoms with E-state index in [2.05, 4.69) is 42.1 Å². The van der Waals surface area contributed by atoms with Crippen LogP contribution in [0.25, 0.3) is 5.69 Å². The number of hydrogen-bond donors (Lipinski definition) is 2. The Kier molecular flexibility index (Phi) is 5.08. The van der Waals surface area contributed by atoms with Gasteiger partial charge in [-0.25, -0.2) is 9.48 Å². The van der Waals surface area contributed by atoms with Crippen molar-refractivity contribution in [1.29, 1.82) is 0 Å². The van der Waals surface area contributed by atoms with Crippen LogP contribution in [0, 0.1) is 6.92 Å². The predicted octanol–water partition coefficient (Wildman–Crippen LogP) is 3.62. The van der Waals surface area contributed by atoms with Gasteiger partial charge in [-0.2, -0.15) is 0 Å². The summed E-state index contributed by atoms with van der Waals surface area (Å²) in [5.41, 5.74) is 3.49. The quantitative estimate of drug-likeness (QED) is 0.700. The minimum Gasteiger partial charge on any atom is -0.331 e. The predicted molar refractivity (Wildman–Crippen MR) is 98.6 cm³/mol. The highest BCUT2D eigenvalue weighted by Gasteiger charge is 2.11. The minimum atomic E-state index is -0.279. The maximum atomic E-state index is 12.3. The second-order valence-electron chi connectivity index (χ2n) is 5.63. The number of halogens is 1. The van der Waals surface area contributed by atoms with Gasteiger partial charge in [-0.05, 0) is 59.7 Å². The van der Waals surface area contributed by atoms with Crippen LogP contribution >= 0.6 is 15.9 Å². The monoisotopic (exact) mass is 400 g/mol. The molecule has 3 rings (SSSR count). The van der Waals surface area contributed by atoms with Gasteiger partial charge < -0.3 is 10.6 Å². The molecule has 0 bridgehead atoms. The molecule has 1 aromatic heterocycles. The van der Waals surface area contributed by atoms with Gasteiger partial charge in [0.05, 0.1) is 11.7 Å². The number of nitrogens with zero attached hydrogens (tertiary/aromatic N) is 4. The van der Waals surface area contributed by atoms with Crippen molar-refractivity contribution in [2.24, 2.45) is 0 Å². The zero-order valence-corrected chi connectivity index (χ0v) is 15.4. The summed E-state index contributed by atoms with van der Waals surface area (Å²) in [6.07, 6.45) is 1.52. The number of hydrogen-bond acceptors (Lipinski definition) is 4. The largest absolute Gasteiger partial charge is 0.331 e. The van der Waals surface area contributed by atoms with E-state index in [0.717, 1.165) is 21.3 Å². The molecule has 0 unspecified atom stereocenters. The number of aryl methyl sites for hydroxylation is 1. The van der Waals surface area contributed by atoms with Gasteiger partial charge in [0.2, 0.25) is 0 Å². The molecule has 0 radical (unpaired) electrons. The Labute approximate surface area is 153 Å². The first-order chi connectivity index (χ1) is 12.0. The summed E-state index contributed by atoms with van der Waals surface area (Å²) in [7, 11) is 0. The summed E-state index contributed by atoms with van der Waals surface area (Å²) in [6.45, 7) is 3.89. The van der Waals surface area contributed by atoms with Crippen molar-refractivity contribution in [3.05, 3.63) is 64.4 Å². The first-order valence-electron chi connectivity index (χ1n) is 7.70. The second-order valence-corrected chi connectivity index (χ2v) is 6.55. The molecule has 128 valence electrons. The lowest BCUT2D eigenvalue weighted by atomic mass is 10.1. The molecule has 2 amide bonds. The Bertz CT molecular complexity index is 881. The number of benzene rings is 2. The summed E-state index contributed by atoms with van der Waals surface area (Å²) in [5.74, 6) is 0. The average molecular weight is 401 g/mol. The fourth-order valence-electron chi connectivity index (χ4n) is 2.43. The lowest BCUT2D eigenvalue weighted by Crippen LogP contribution is -2.31. The molecule has 1 atom stereocenters. The highest BCUT2D eigenvalue weighted by Crippen LogP contribution is 2.20. The Balaban J connectivity index is 1.70. The number of carbonyl (C=O) groups excluding carboxylic acids is 1. The van der Waals surface area contributed by atoms with E-state index >= 15 is 0 Å². The molecule has 2 N–H and O–H groups in total. The number of carbonyl (C=O) groups is 1. The van der Waals surface area contributed by atoms with Crippen LogP contribution in [0.15, 0.2) is 53.3 Å². The Morgan fingerprint density at radius 2 is 2.08 bits per heavy atom. The van der Waals surface area contributed by atoms with Gasteiger partial charge in [-0.1, -0.05) is 34.1 Å². The van der Waals surface area contributed by atoms with E-state index in [-0.39, 0.29) is 12.1 Å². The smallest absolute Gasteiger partial charge is 0.319 e. The number of amides is 2. The second kappa shape index (κ2) is 7.43. The third-order valence-electron chi connectivity index (χ3n) is 3.76. The lowest BCUT2D eigenvalue weighted by Gasteiger charge is -2.16. The molecule has 0 spiro atoms. The summed E-state index contributed by atoms with van der Waals surface area (Å²) < 4.78 is 2.53. The summed E-state index contributed by atoms with van der Waals surface area (Å²) in [4.78, 5) is 12.3.